The first-order chi connectivity index (χ1) is 25.8. The van der Waals surface area contributed by atoms with E-state index in [1.807, 2.05) is 11.3 Å². The van der Waals surface area contributed by atoms with Crippen molar-refractivity contribution in [2.45, 2.75) is 0 Å². The van der Waals surface area contributed by atoms with Crippen molar-refractivity contribution in [3.05, 3.63) is 212 Å². The minimum absolute atomic E-state index is 1.09. The molecule has 0 spiro atoms. The first kappa shape index (κ1) is 31.4. The Morgan fingerprint density at radius 2 is 0.577 bits per heavy atom. The van der Waals surface area contributed by atoms with E-state index < -0.39 is 0 Å². The van der Waals surface area contributed by atoms with Gasteiger partial charge in [0.15, 0.2) is 0 Å². The molecule has 1 aromatic heterocycles. The second-order valence-corrected chi connectivity index (χ2v) is 13.8. The summed E-state index contributed by atoms with van der Waals surface area (Å²) < 4.78 is 2.53. The zero-order chi connectivity index (χ0) is 34.7. The first-order valence-electron chi connectivity index (χ1n) is 17.5. The lowest BCUT2D eigenvalue weighted by Gasteiger charge is -2.29. The van der Waals surface area contributed by atoms with Gasteiger partial charge in [-0.2, -0.15) is 0 Å². The van der Waals surface area contributed by atoms with Crippen LogP contribution in [-0.2, 0) is 0 Å². The second kappa shape index (κ2) is 13.9. The molecule has 0 bridgehead atoms. The van der Waals surface area contributed by atoms with Gasteiger partial charge in [-0.3, -0.25) is 0 Å². The van der Waals surface area contributed by atoms with Gasteiger partial charge in [-0.05, 0) is 109 Å². The van der Waals surface area contributed by atoms with Crippen molar-refractivity contribution in [2.24, 2.45) is 0 Å². The molecule has 0 atom stereocenters. The molecular formula is C48H35N3S. The predicted molar refractivity (Wildman–Crippen MR) is 223 cm³/mol. The first-order valence-corrected chi connectivity index (χ1v) is 18.3. The molecule has 248 valence electrons. The monoisotopic (exact) mass is 685 g/mol. The molecule has 0 saturated heterocycles. The summed E-state index contributed by atoms with van der Waals surface area (Å²) in [6, 6.07) is 75.6. The minimum Gasteiger partial charge on any atom is -0.310 e. The van der Waals surface area contributed by atoms with Gasteiger partial charge in [0.25, 0.3) is 0 Å². The number of para-hydroxylation sites is 5. The van der Waals surface area contributed by atoms with Crippen LogP contribution in [0, 0.1) is 0 Å². The summed E-state index contributed by atoms with van der Waals surface area (Å²) in [6.07, 6.45) is 0. The molecule has 52 heavy (non-hydrogen) atoms. The summed E-state index contributed by atoms with van der Waals surface area (Å²) in [5.41, 5.74) is 10.0. The van der Waals surface area contributed by atoms with Crippen LogP contribution in [0.5, 0.6) is 0 Å². The van der Waals surface area contributed by atoms with Crippen LogP contribution in [0.2, 0.25) is 0 Å². The van der Waals surface area contributed by atoms with Crippen LogP contribution in [0.25, 0.3) is 20.2 Å². The zero-order valence-electron chi connectivity index (χ0n) is 28.5. The summed E-state index contributed by atoms with van der Waals surface area (Å²) in [5, 5.41) is 2.51. The number of hydrogen-bond donors (Lipinski definition) is 0. The maximum atomic E-state index is 2.36. The van der Waals surface area contributed by atoms with Crippen molar-refractivity contribution < 1.29 is 0 Å². The normalized spacial score (nSPS) is 11.1. The minimum atomic E-state index is 1.09. The molecule has 0 fully saturated rings. The molecule has 0 unspecified atom stereocenters. The summed E-state index contributed by atoms with van der Waals surface area (Å²) >= 11 is 1.85. The van der Waals surface area contributed by atoms with Crippen LogP contribution in [0.3, 0.4) is 0 Å². The van der Waals surface area contributed by atoms with Gasteiger partial charge >= 0.3 is 0 Å². The Labute approximate surface area is 308 Å². The molecule has 9 aromatic rings. The highest BCUT2D eigenvalue weighted by atomic mass is 32.1. The zero-order valence-corrected chi connectivity index (χ0v) is 29.3. The summed E-state index contributed by atoms with van der Waals surface area (Å²) in [4.78, 5) is 7.00. The fraction of sp³-hybridized carbons (Fsp3) is 0. The molecule has 0 N–H and O–H groups in total. The average Bonchev–Trinajstić information content (AvgIpc) is 3.58. The number of anilines is 9. The van der Waals surface area contributed by atoms with Crippen molar-refractivity contribution >= 4 is 82.7 Å². The van der Waals surface area contributed by atoms with E-state index in [1.54, 1.807) is 0 Å². The molecule has 0 aliphatic heterocycles. The third-order valence-corrected chi connectivity index (χ3v) is 10.5. The number of benzene rings is 8. The predicted octanol–water partition coefficient (Wildman–Crippen LogP) is 14.5. The van der Waals surface area contributed by atoms with Gasteiger partial charge < -0.3 is 14.7 Å². The molecule has 0 saturated carbocycles. The number of hydrogen-bond acceptors (Lipinski definition) is 4. The highest BCUT2D eigenvalue weighted by Crippen LogP contribution is 2.44. The summed E-state index contributed by atoms with van der Waals surface area (Å²) in [5.74, 6) is 0. The Balaban J connectivity index is 1.15. The fourth-order valence-electron chi connectivity index (χ4n) is 7.03. The van der Waals surface area contributed by atoms with Gasteiger partial charge in [-0.15, -0.1) is 11.3 Å². The Morgan fingerprint density at radius 3 is 1.02 bits per heavy atom. The van der Waals surface area contributed by atoms with E-state index in [0.717, 1.165) is 51.2 Å². The van der Waals surface area contributed by atoms with E-state index in [9.17, 15) is 0 Å². The molecule has 0 aliphatic carbocycles. The molecule has 9 rings (SSSR count). The van der Waals surface area contributed by atoms with Crippen LogP contribution in [-0.4, -0.2) is 0 Å². The van der Waals surface area contributed by atoms with Gasteiger partial charge in [0.2, 0.25) is 0 Å². The van der Waals surface area contributed by atoms with Crippen LogP contribution < -0.4 is 14.7 Å². The topological polar surface area (TPSA) is 9.72 Å². The average molecular weight is 686 g/mol. The van der Waals surface area contributed by atoms with E-state index in [2.05, 4.69) is 227 Å². The van der Waals surface area contributed by atoms with Gasteiger partial charge in [0, 0.05) is 71.4 Å². The SMILES string of the molecule is c1ccc(N(c2ccccc2)c2cccc(N(c3ccccc3)c3ccc4sc5cc(N(c6ccccc6)c6ccccc6)ccc5c4c3)c2)cc1. The fourth-order valence-corrected chi connectivity index (χ4v) is 8.15. The smallest absolute Gasteiger partial charge is 0.0482 e. The van der Waals surface area contributed by atoms with E-state index >= 15 is 0 Å². The number of thiophene rings is 1. The van der Waals surface area contributed by atoms with Crippen LogP contribution in [0.4, 0.5) is 51.2 Å². The lowest BCUT2D eigenvalue weighted by atomic mass is 10.1. The van der Waals surface area contributed by atoms with Gasteiger partial charge in [-0.25, -0.2) is 0 Å². The maximum Gasteiger partial charge on any atom is 0.0482 e. The number of fused-ring (bicyclic) bond motifs is 3. The Kier molecular flexibility index (Phi) is 8.41. The van der Waals surface area contributed by atoms with Gasteiger partial charge in [0.05, 0.1) is 0 Å². The molecule has 8 aromatic carbocycles. The van der Waals surface area contributed by atoms with E-state index in [0.29, 0.717) is 0 Å². The standard InChI is InChI=1S/C48H35N3S/c1-6-17-36(18-7-1)49(37-19-8-2-9-20-37)41-27-16-28-42(33-41)51(40-25-14-5-15-26-40)43-30-32-47-46(34-43)45-31-29-44(35-48(45)52-47)50(38-21-10-3-11-22-38)39-23-12-4-13-24-39/h1-35H. The molecule has 0 radical (unpaired) electrons. The van der Waals surface area contributed by atoms with Crippen molar-refractivity contribution in [1.29, 1.82) is 0 Å². The van der Waals surface area contributed by atoms with Gasteiger partial charge in [-0.1, -0.05) is 103 Å². The molecule has 0 aliphatic rings. The van der Waals surface area contributed by atoms with Crippen molar-refractivity contribution in [3.8, 4) is 0 Å². The summed E-state index contributed by atoms with van der Waals surface area (Å²) in [6.45, 7) is 0. The lowest BCUT2D eigenvalue weighted by Crippen LogP contribution is -2.13. The van der Waals surface area contributed by atoms with Crippen molar-refractivity contribution in [2.75, 3.05) is 14.7 Å². The highest BCUT2D eigenvalue weighted by molar-refractivity contribution is 7.25. The highest BCUT2D eigenvalue weighted by Gasteiger charge is 2.19. The lowest BCUT2D eigenvalue weighted by molar-refractivity contribution is 1.25. The molecule has 4 heteroatoms. The van der Waals surface area contributed by atoms with Gasteiger partial charge in [0.1, 0.15) is 0 Å². The number of nitrogens with zero attached hydrogens (tertiary/aromatic N) is 3. The molecule has 3 nitrogen and oxygen atoms in total. The summed E-state index contributed by atoms with van der Waals surface area (Å²) in [7, 11) is 0. The third-order valence-electron chi connectivity index (χ3n) is 9.37. The largest absolute Gasteiger partial charge is 0.310 e. The second-order valence-electron chi connectivity index (χ2n) is 12.7. The molecule has 0 amide bonds. The van der Waals surface area contributed by atoms with Crippen LogP contribution >= 0.6 is 11.3 Å². The third kappa shape index (κ3) is 6.06. The molecular weight excluding hydrogens is 651 g/mol. The van der Waals surface area contributed by atoms with E-state index in [-0.39, 0.29) is 0 Å². The van der Waals surface area contributed by atoms with E-state index in [4.69, 9.17) is 0 Å². The van der Waals surface area contributed by atoms with E-state index in [1.165, 1.54) is 20.2 Å². The molecule has 1 heterocycles. The van der Waals surface area contributed by atoms with Crippen LogP contribution in [0.1, 0.15) is 0 Å². The quantitative estimate of drug-likeness (QED) is 0.150. The Bertz CT molecular complexity index is 2490. The Morgan fingerprint density at radius 1 is 0.231 bits per heavy atom. The van der Waals surface area contributed by atoms with Crippen LogP contribution in [0.15, 0.2) is 212 Å². The van der Waals surface area contributed by atoms with Crippen molar-refractivity contribution in [1.82, 2.24) is 0 Å². The maximum absolute atomic E-state index is 2.36. The number of rotatable bonds is 9. The Hall–Kier alpha value is -6.62. The van der Waals surface area contributed by atoms with Crippen molar-refractivity contribution in [3.63, 3.8) is 0 Å².